The Balaban J connectivity index is 1.95. The van der Waals surface area contributed by atoms with Crippen molar-refractivity contribution in [3.63, 3.8) is 0 Å². The molecule has 0 saturated heterocycles. The van der Waals surface area contributed by atoms with Crippen LogP contribution < -0.4 is 5.32 Å². The van der Waals surface area contributed by atoms with E-state index in [4.69, 9.17) is 0 Å². The maximum absolute atomic E-state index is 4.35. The van der Waals surface area contributed by atoms with Crippen LogP contribution in [0, 0.1) is 6.92 Å². The number of aromatic nitrogens is 2. The van der Waals surface area contributed by atoms with Crippen LogP contribution in [0.1, 0.15) is 29.8 Å². The number of nitrogens with zero attached hydrogens (tertiary/aromatic N) is 2. The Hall–Kier alpha value is -1.61. The van der Waals surface area contributed by atoms with E-state index in [1.54, 1.807) is 0 Å². The predicted octanol–water partition coefficient (Wildman–Crippen LogP) is 2.58. The Kier molecular flexibility index (Phi) is 3.59. The quantitative estimate of drug-likeness (QED) is 0.873. The molecule has 1 N–H and O–H groups in total. The highest BCUT2D eigenvalue weighted by Gasteiger charge is 2.05. The molecular formula is C14H19N3. The Bertz CT molecular complexity index is 488. The summed E-state index contributed by atoms with van der Waals surface area (Å²) in [5.74, 6) is 0. The van der Waals surface area contributed by atoms with Gasteiger partial charge in [-0.15, -0.1) is 0 Å². The highest BCUT2D eigenvalue weighted by molar-refractivity contribution is 5.24. The number of benzene rings is 1. The smallest absolute Gasteiger partial charge is 0.0762 e. The zero-order valence-electron chi connectivity index (χ0n) is 10.6. The van der Waals surface area contributed by atoms with Crippen LogP contribution in [0.2, 0.25) is 0 Å². The van der Waals surface area contributed by atoms with Crippen LogP contribution in [0.15, 0.2) is 36.5 Å². The molecule has 0 saturated carbocycles. The zero-order chi connectivity index (χ0) is 12.3. The summed E-state index contributed by atoms with van der Waals surface area (Å²) in [4.78, 5) is 0. The molecule has 0 fully saturated rings. The zero-order valence-corrected chi connectivity index (χ0v) is 10.6. The van der Waals surface area contributed by atoms with E-state index in [1.165, 1.54) is 11.1 Å². The van der Waals surface area contributed by atoms with E-state index >= 15 is 0 Å². The number of rotatable bonds is 4. The van der Waals surface area contributed by atoms with Crippen molar-refractivity contribution in [2.24, 2.45) is 7.05 Å². The predicted molar refractivity (Wildman–Crippen MR) is 69.6 cm³/mol. The van der Waals surface area contributed by atoms with Gasteiger partial charge in [0.2, 0.25) is 0 Å². The van der Waals surface area contributed by atoms with Gasteiger partial charge in [0.1, 0.15) is 0 Å². The maximum atomic E-state index is 4.35. The lowest BCUT2D eigenvalue weighted by Crippen LogP contribution is -2.18. The second-order valence-electron chi connectivity index (χ2n) is 4.50. The molecule has 1 unspecified atom stereocenters. The minimum absolute atomic E-state index is 0.344. The van der Waals surface area contributed by atoms with Gasteiger partial charge >= 0.3 is 0 Å². The number of hydrogen-bond donors (Lipinski definition) is 1. The average Bonchev–Trinajstić information content (AvgIpc) is 2.72. The van der Waals surface area contributed by atoms with Crippen molar-refractivity contribution in [3.8, 4) is 0 Å². The molecule has 3 nitrogen and oxygen atoms in total. The summed E-state index contributed by atoms with van der Waals surface area (Å²) in [5, 5.41) is 7.83. The summed E-state index contributed by atoms with van der Waals surface area (Å²) in [5.41, 5.74) is 3.70. The van der Waals surface area contributed by atoms with Crippen LogP contribution in [0.3, 0.4) is 0 Å². The molecule has 0 aliphatic carbocycles. The highest BCUT2D eigenvalue weighted by atomic mass is 15.3. The standard InChI is InChI=1S/C14H19N3/c1-11-5-4-6-13(9-11)12(2)15-10-14-7-8-17(3)16-14/h4-9,12,15H,10H2,1-3H3. The van der Waals surface area contributed by atoms with Crippen molar-refractivity contribution in [2.75, 3.05) is 0 Å². The third-order valence-electron chi connectivity index (χ3n) is 2.90. The first-order chi connectivity index (χ1) is 8.15. The van der Waals surface area contributed by atoms with Crippen LogP contribution in [-0.4, -0.2) is 9.78 Å². The van der Waals surface area contributed by atoms with Gasteiger partial charge in [-0.3, -0.25) is 4.68 Å². The molecular weight excluding hydrogens is 210 g/mol. The molecule has 2 rings (SSSR count). The lowest BCUT2D eigenvalue weighted by atomic mass is 10.1. The highest BCUT2D eigenvalue weighted by Crippen LogP contribution is 2.14. The van der Waals surface area contributed by atoms with Crippen LogP contribution in [0.5, 0.6) is 0 Å². The number of nitrogens with one attached hydrogen (secondary N) is 1. The summed E-state index contributed by atoms with van der Waals surface area (Å²) in [6.07, 6.45) is 1.97. The minimum atomic E-state index is 0.344. The Labute approximate surface area is 102 Å². The second kappa shape index (κ2) is 5.15. The lowest BCUT2D eigenvalue weighted by Gasteiger charge is -2.13. The van der Waals surface area contributed by atoms with Gasteiger partial charge in [-0.1, -0.05) is 29.8 Å². The monoisotopic (exact) mass is 229 g/mol. The van der Waals surface area contributed by atoms with E-state index in [2.05, 4.69) is 48.5 Å². The first kappa shape index (κ1) is 11.9. The summed E-state index contributed by atoms with van der Waals surface area (Å²) in [6, 6.07) is 11.0. The van der Waals surface area contributed by atoms with E-state index in [-0.39, 0.29) is 0 Å². The third-order valence-corrected chi connectivity index (χ3v) is 2.90. The van der Waals surface area contributed by atoms with Gasteiger partial charge in [0.15, 0.2) is 0 Å². The van der Waals surface area contributed by atoms with E-state index in [9.17, 15) is 0 Å². The van der Waals surface area contributed by atoms with Gasteiger partial charge in [0.05, 0.1) is 5.69 Å². The molecule has 1 aromatic carbocycles. The van der Waals surface area contributed by atoms with Gasteiger partial charge in [0, 0.05) is 25.8 Å². The fourth-order valence-corrected chi connectivity index (χ4v) is 1.87. The van der Waals surface area contributed by atoms with Gasteiger partial charge in [-0.05, 0) is 25.5 Å². The molecule has 0 bridgehead atoms. The van der Waals surface area contributed by atoms with Crippen LogP contribution in [0.4, 0.5) is 0 Å². The Morgan fingerprint density at radius 3 is 2.82 bits per heavy atom. The van der Waals surface area contributed by atoms with Gasteiger partial charge < -0.3 is 5.32 Å². The van der Waals surface area contributed by atoms with Gasteiger partial charge in [0.25, 0.3) is 0 Å². The molecule has 0 aliphatic rings. The molecule has 0 spiro atoms. The molecule has 0 aliphatic heterocycles. The Morgan fingerprint density at radius 2 is 2.18 bits per heavy atom. The molecule has 1 atom stereocenters. The largest absolute Gasteiger partial charge is 0.304 e. The second-order valence-corrected chi connectivity index (χ2v) is 4.50. The first-order valence-corrected chi connectivity index (χ1v) is 5.93. The third kappa shape index (κ3) is 3.17. The normalized spacial score (nSPS) is 12.6. The number of aryl methyl sites for hydroxylation is 2. The van der Waals surface area contributed by atoms with E-state index in [1.807, 2.05) is 24.0 Å². The molecule has 1 aromatic heterocycles. The van der Waals surface area contributed by atoms with Crippen molar-refractivity contribution in [2.45, 2.75) is 26.4 Å². The topological polar surface area (TPSA) is 29.9 Å². The van der Waals surface area contributed by atoms with Gasteiger partial charge in [-0.2, -0.15) is 5.10 Å². The summed E-state index contributed by atoms with van der Waals surface area (Å²) >= 11 is 0. The molecule has 90 valence electrons. The SMILES string of the molecule is Cc1cccc(C(C)NCc2ccn(C)n2)c1. The fourth-order valence-electron chi connectivity index (χ4n) is 1.87. The molecule has 3 heteroatoms. The van der Waals surface area contributed by atoms with E-state index < -0.39 is 0 Å². The van der Waals surface area contributed by atoms with Crippen molar-refractivity contribution >= 4 is 0 Å². The number of hydrogen-bond acceptors (Lipinski definition) is 2. The molecule has 0 radical (unpaired) electrons. The molecule has 2 aromatic rings. The fraction of sp³-hybridized carbons (Fsp3) is 0.357. The van der Waals surface area contributed by atoms with E-state index in [0.717, 1.165) is 12.2 Å². The van der Waals surface area contributed by atoms with Crippen molar-refractivity contribution in [1.29, 1.82) is 0 Å². The van der Waals surface area contributed by atoms with Gasteiger partial charge in [-0.25, -0.2) is 0 Å². The Morgan fingerprint density at radius 1 is 1.35 bits per heavy atom. The van der Waals surface area contributed by atoms with Crippen LogP contribution in [0.25, 0.3) is 0 Å². The summed E-state index contributed by atoms with van der Waals surface area (Å²) < 4.78 is 1.83. The molecule has 0 amide bonds. The minimum Gasteiger partial charge on any atom is -0.304 e. The molecule has 1 heterocycles. The average molecular weight is 229 g/mol. The van der Waals surface area contributed by atoms with Crippen LogP contribution >= 0.6 is 0 Å². The molecule has 17 heavy (non-hydrogen) atoms. The van der Waals surface area contributed by atoms with Crippen molar-refractivity contribution < 1.29 is 0 Å². The lowest BCUT2D eigenvalue weighted by molar-refractivity contribution is 0.561. The first-order valence-electron chi connectivity index (χ1n) is 5.93. The maximum Gasteiger partial charge on any atom is 0.0762 e. The van der Waals surface area contributed by atoms with Crippen molar-refractivity contribution in [3.05, 3.63) is 53.3 Å². The van der Waals surface area contributed by atoms with Crippen LogP contribution in [-0.2, 0) is 13.6 Å². The van der Waals surface area contributed by atoms with Crippen molar-refractivity contribution in [1.82, 2.24) is 15.1 Å². The summed E-state index contributed by atoms with van der Waals surface area (Å²) in [6.45, 7) is 5.10. The summed E-state index contributed by atoms with van der Waals surface area (Å²) in [7, 11) is 1.94. The van der Waals surface area contributed by atoms with E-state index in [0.29, 0.717) is 6.04 Å².